The average Bonchev–Trinajstić information content (AvgIpc) is 3.16. The Morgan fingerprint density at radius 1 is 1.16 bits per heavy atom. The van der Waals surface area contributed by atoms with Gasteiger partial charge >= 0.3 is 0 Å². The van der Waals surface area contributed by atoms with Crippen molar-refractivity contribution < 1.29 is 9.53 Å². The van der Waals surface area contributed by atoms with Gasteiger partial charge in [0.1, 0.15) is 11.4 Å². The van der Waals surface area contributed by atoms with E-state index in [0.717, 1.165) is 22.6 Å². The van der Waals surface area contributed by atoms with Gasteiger partial charge in [-0.1, -0.05) is 42.2 Å². The summed E-state index contributed by atoms with van der Waals surface area (Å²) in [6.07, 6.45) is 0. The van der Waals surface area contributed by atoms with E-state index in [4.69, 9.17) is 4.74 Å². The van der Waals surface area contributed by atoms with Gasteiger partial charge in [0, 0.05) is 11.1 Å². The minimum atomic E-state index is -0.237. The maximum atomic E-state index is 12.1. The van der Waals surface area contributed by atoms with Gasteiger partial charge in [0.05, 0.1) is 19.3 Å². The number of benzene rings is 2. The minimum Gasteiger partial charge on any atom is -0.497 e. The molecule has 0 saturated carbocycles. The molecule has 5 heteroatoms. The first kappa shape index (κ1) is 16.3. The lowest BCUT2D eigenvalue weighted by molar-refractivity contribution is 0.0953. The van der Waals surface area contributed by atoms with E-state index in [1.165, 1.54) is 0 Å². The fourth-order valence-corrected chi connectivity index (χ4v) is 2.24. The Kier molecular flexibility index (Phi) is 5.13. The van der Waals surface area contributed by atoms with E-state index in [-0.39, 0.29) is 12.5 Å². The van der Waals surface area contributed by atoms with E-state index in [9.17, 15) is 4.79 Å². The van der Waals surface area contributed by atoms with Gasteiger partial charge in [-0.3, -0.25) is 9.89 Å². The van der Waals surface area contributed by atoms with Gasteiger partial charge < -0.3 is 10.1 Å². The molecule has 0 fully saturated rings. The van der Waals surface area contributed by atoms with E-state index in [2.05, 4.69) is 27.4 Å². The SMILES string of the molecule is COc1ccc(C#CCNC(=O)c2cc(-c3ccccc3)n[nH]2)cc1. The monoisotopic (exact) mass is 331 g/mol. The molecule has 0 aliphatic heterocycles. The van der Waals surface area contributed by atoms with Crippen molar-refractivity contribution >= 4 is 5.91 Å². The molecule has 1 heterocycles. The van der Waals surface area contributed by atoms with E-state index in [1.807, 2.05) is 54.6 Å². The molecular formula is C20H17N3O2. The largest absolute Gasteiger partial charge is 0.497 e. The fourth-order valence-electron chi connectivity index (χ4n) is 2.24. The Labute approximate surface area is 146 Å². The molecule has 2 N–H and O–H groups in total. The van der Waals surface area contributed by atoms with E-state index < -0.39 is 0 Å². The Morgan fingerprint density at radius 2 is 1.92 bits per heavy atom. The summed E-state index contributed by atoms with van der Waals surface area (Å²) in [7, 11) is 1.62. The van der Waals surface area contributed by atoms with Crippen LogP contribution in [0.1, 0.15) is 16.1 Å². The molecule has 0 aliphatic rings. The molecule has 25 heavy (non-hydrogen) atoms. The number of rotatable bonds is 4. The predicted molar refractivity (Wildman–Crippen MR) is 96.2 cm³/mol. The second-order valence-corrected chi connectivity index (χ2v) is 5.25. The van der Waals surface area contributed by atoms with Crippen molar-refractivity contribution in [1.29, 1.82) is 0 Å². The lowest BCUT2D eigenvalue weighted by Gasteiger charge is -1.98. The molecule has 0 unspecified atom stereocenters. The van der Waals surface area contributed by atoms with Gasteiger partial charge in [-0.15, -0.1) is 0 Å². The summed E-state index contributed by atoms with van der Waals surface area (Å²) >= 11 is 0. The zero-order valence-electron chi connectivity index (χ0n) is 13.7. The quantitative estimate of drug-likeness (QED) is 0.723. The van der Waals surface area contributed by atoms with Crippen LogP contribution in [0, 0.1) is 11.8 Å². The Bertz CT molecular complexity index is 903. The maximum absolute atomic E-state index is 12.1. The molecule has 1 amide bonds. The van der Waals surface area contributed by atoms with E-state index in [1.54, 1.807) is 13.2 Å². The molecule has 3 rings (SSSR count). The smallest absolute Gasteiger partial charge is 0.270 e. The molecule has 0 atom stereocenters. The van der Waals surface area contributed by atoms with Gasteiger partial charge in [0.25, 0.3) is 5.91 Å². The van der Waals surface area contributed by atoms with Crippen molar-refractivity contribution in [3.8, 4) is 28.8 Å². The number of ether oxygens (including phenoxy) is 1. The molecule has 0 radical (unpaired) electrons. The van der Waals surface area contributed by atoms with Crippen LogP contribution in [0.15, 0.2) is 60.7 Å². The first-order valence-corrected chi connectivity index (χ1v) is 7.78. The summed E-state index contributed by atoms with van der Waals surface area (Å²) < 4.78 is 5.09. The van der Waals surface area contributed by atoms with E-state index >= 15 is 0 Å². The van der Waals surface area contributed by atoms with E-state index in [0.29, 0.717) is 5.69 Å². The van der Waals surface area contributed by atoms with Crippen molar-refractivity contribution in [2.75, 3.05) is 13.7 Å². The average molecular weight is 331 g/mol. The third kappa shape index (κ3) is 4.27. The molecule has 2 aromatic carbocycles. The second kappa shape index (κ2) is 7.84. The maximum Gasteiger partial charge on any atom is 0.270 e. The second-order valence-electron chi connectivity index (χ2n) is 5.25. The highest BCUT2D eigenvalue weighted by Crippen LogP contribution is 2.16. The normalized spacial score (nSPS) is 9.80. The van der Waals surface area contributed by atoms with Crippen molar-refractivity contribution in [2.24, 2.45) is 0 Å². The molecule has 5 nitrogen and oxygen atoms in total. The fraction of sp³-hybridized carbons (Fsp3) is 0.100. The number of H-pyrrole nitrogens is 1. The highest BCUT2D eigenvalue weighted by atomic mass is 16.5. The third-order valence-corrected chi connectivity index (χ3v) is 3.55. The number of hydrogen-bond donors (Lipinski definition) is 2. The number of methoxy groups -OCH3 is 1. The van der Waals surface area contributed by atoms with Crippen LogP contribution in [0.25, 0.3) is 11.3 Å². The van der Waals surface area contributed by atoms with Crippen LogP contribution >= 0.6 is 0 Å². The summed E-state index contributed by atoms with van der Waals surface area (Å²) in [5.74, 6) is 6.46. The van der Waals surface area contributed by atoms with Crippen molar-refractivity contribution in [3.05, 3.63) is 71.9 Å². The van der Waals surface area contributed by atoms with Gasteiger partial charge in [0.2, 0.25) is 0 Å². The molecule has 1 aromatic heterocycles. The van der Waals surface area contributed by atoms with Gasteiger partial charge in [-0.25, -0.2) is 0 Å². The topological polar surface area (TPSA) is 67.0 Å². The molecule has 0 aliphatic carbocycles. The Balaban J connectivity index is 1.56. The Hall–Kier alpha value is -3.52. The van der Waals surface area contributed by atoms with Gasteiger partial charge in [0.15, 0.2) is 0 Å². The van der Waals surface area contributed by atoms with Crippen LogP contribution in [0.4, 0.5) is 0 Å². The molecule has 0 saturated heterocycles. The van der Waals surface area contributed by atoms with Crippen molar-refractivity contribution in [1.82, 2.24) is 15.5 Å². The minimum absolute atomic E-state index is 0.237. The number of aromatic nitrogens is 2. The van der Waals surface area contributed by atoms with Crippen molar-refractivity contribution in [2.45, 2.75) is 0 Å². The number of nitrogens with zero attached hydrogens (tertiary/aromatic N) is 1. The lowest BCUT2D eigenvalue weighted by atomic mass is 10.1. The van der Waals surface area contributed by atoms with Crippen LogP contribution in [-0.4, -0.2) is 29.8 Å². The molecule has 124 valence electrons. The zero-order valence-corrected chi connectivity index (χ0v) is 13.7. The van der Waals surface area contributed by atoms with Gasteiger partial charge in [-0.2, -0.15) is 5.10 Å². The predicted octanol–water partition coefficient (Wildman–Crippen LogP) is 2.87. The number of hydrogen-bond acceptors (Lipinski definition) is 3. The number of carbonyl (C=O) groups is 1. The number of amides is 1. The van der Waals surface area contributed by atoms with Gasteiger partial charge in [-0.05, 0) is 30.3 Å². The molecule has 3 aromatic rings. The standard InChI is InChI=1S/C20H17N3O2/c1-25-17-11-9-15(10-12-17)6-5-13-21-20(24)19-14-18(22-23-19)16-7-3-2-4-8-16/h2-4,7-12,14H,13H2,1H3,(H,21,24)(H,22,23). The summed E-state index contributed by atoms with van der Waals surface area (Å²) in [5, 5.41) is 9.67. The first-order valence-electron chi connectivity index (χ1n) is 7.78. The summed E-state index contributed by atoms with van der Waals surface area (Å²) in [6, 6.07) is 18.8. The van der Waals surface area contributed by atoms with Crippen LogP contribution in [0.5, 0.6) is 5.75 Å². The number of nitrogens with one attached hydrogen (secondary N) is 2. The summed E-state index contributed by atoms with van der Waals surface area (Å²) in [4.78, 5) is 12.1. The Morgan fingerprint density at radius 3 is 2.64 bits per heavy atom. The zero-order chi connectivity index (χ0) is 17.5. The van der Waals surface area contributed by atoms with Crippen molar-refractivity contribution in [3.63, 3.8) is 0 Å². The highest BCUT2D eigenvalue weighted by molar-refractivity contribution is 5.93. The number of aromatic amines is 1. The molecule has 0 bridgehead atoms. The third-order valence-electron chi connectivity index (χ3n) is 3.55. The summed E-state index contributed by atoms with van der Waals surface area (Å²) in [5.41, 5.74) is 2.96. The lowest BCUT2D eigenvalue weighted by Crippen LogP contribution is -2.23. The first-order chi connectivity index (χ1) is 12.3. The summed E-state index contributed by atoms with van der Waals surface area (Å²) in [6.45, 7) is 0.255. The molecular weight excluding hydrogens is 314 g/mol. The number of carbonyl (C=O) groups excluding carboxylic acids is 1. The van der Waals surface area contributed by atoms with Crippen LogP contribution in [-0.2, 0) is 0 Å². The molecule has 0 spiro atoms. The van der Waals surface area contributed by atoms with Crippen LogP contribution in [0.3, 0.4) is 0 Å². The highest BCUT2D eigenvalue weighted by Gasteiger charge is 2.09. The van der Waals surface area contributed by atoms with Crippen LogP contribution < -0.4 is 10.1 Å². The van der Waals surface area contributed by atoms with Crippen LogP contribution in [0.2, 0.25) is 0 Å².